The average molecular weight is 234 g/mol. The maximum Gasteiger partial charge on any atom is 0.354 e. The van der Waals surface area contributed by atoms with E-state index in [4.69, 9.17) is 5.11 Å². The third-order valence-corrected chi connectivity index (χ3v) is 2.81. The molecule has 1 amide bonds. The summed E-state index contributed by atoms with van der Waals surface area (Å²) in [6, 6.07) is 2.85. The normalized spacial score (nSPS) is 14.4. The Morgan fingerprint density at radius 3 is 2.65 bits per heavy atom. The number of carboxylic acid groups (broad SMARTS) is 1. The number of pyridine rings is 1. The molecule has 0 radical (unpaired) electrons. The van der Waals surface area contributed by atoms with Crippen LogP contribution in [0.5, 0.6) is 0 Å². The maximum absolute atomic E-state index is 11.9. The molecule has 17 heavy (non-hydrogen) atoms. The molecule has 2 rings (SSSR count). The third kappa shape index (κ3) is 2.81. The zero-order valence-electron chi connectivity index (χ0n) is 9.59. The van der Waals surface area contributed by atoms with E-state index in [0.29, 0.717) is 11.5 Å². The van der Waals surface area contributed by atoms with Gasteiger partial charge in [-0.1, -0.05) is 0 Å². The number of aromatic nitrogens is 1. The summed E-state index contributed by atoms with van der Waals surface area (Å²) in [5.74, 6) is -0.563. The van der Waals surface area contributed by atoms with Crippen molar-refractivity contribution < 1.29 is 14.7 Å². The van der Waals surface area contributed by atoms with Crippen LogP contribution in [0.25, 0.3) is 0 Å². The molecule has 1 aromatic rings. The van der Waals surface area contributed by atoms with E-state index >= 15 is 0 Å². The highest BCUT2D eigenvalue weighted by molar-refractivity contribution is 5.94. The van der Waals surface area contributed by atoms with Crippen molar-refractivity contribution in [3.63, 3.8) is 0 Å². The Morgan fingerprint density at radius 2 is 2.18 bits per heavy atom. The second-order valence-corrected chi connectivity index (χ2v) is 4.37. The van der Waals surface area contributed by atoms with Gasteiger partial charge in [-0.25, -0.2) is 9.78 Å². The number of amides is 1. The highest BCUT2D eigenvalue weighted by Crippen LogP contribution is 2.29. The number of carbonyl (C=O) groups excluding carboxylic acids is 1. The minimum absolute atomic E-state index is 0.0496. The predicted octanol–water partition coefficient (Wildman–Crippen LogP) is 1.26. The summed E-state index contributed by atoms with van der Waals surface area (Å²) in [7, 11) is 1.76. The summed E-state index contributed by atoms with van der Waals surface area (Å²) in [5, 5.41) is 8.69. The van der Waals surface area contributed by atoms with Crippen LogP contribution < -0.4 is 0 Å². The van der Waals surface area contributed by atoms with Gasteiger partial charge in [-0.3, -0.25) is 4.79 Å². The number of nitrogens with zero attached hydrogens (tertiary/aromatic N) is 2. The van der Waals surface area contributed by atoms with Crippen LogP contribution in [-0.4, -0.2) is 40.5 Å². The van der Waals surface area contributed by atoms with E-state index in [2.05, 4.69) is 4.98 Å². The van der Waals surface area contributed by atoms with Gasteiger partial charge < -0.3 is 10.0 Å². The summed E-state index contributed by atoms with van der Waals surface area (Å²) in [6.07, 6.45) is 3.69. The fourth-order valence-corrected chi connectivity index (χ4v) is 1.64. The first-order valence-electron chi connectivity index (χ1n) is 5.52. The summed E-state index contributed by atoms with van der Waals surface area (Å²) in [6.45, 7) is 0.763. The lowest BCUT2D eigenvalue weighted by atomic mass is 10.2. The van der Waals surface area contributed by atoms with Gasteiger partial charge in [0.15, 0.2) is 0 Å². The monoisotopic (exact) mass is 234 g/mol. The molecule has 0 atom stereocenters. The highest BCUT2D eigenvalue weighted by Gasteiger charge is 2.25. The molecule has 5 heteroatoms. The average Bonchev–Trinajstić information content (AvgIpc) is 3.12. The van der Waals surface area contributed by atoms with Crippen LogP contribution in [0.3, 0.4) is 0 Å². The number of hydrogen-bond acceptors (Lipinski definition) is 3. The lowest BCUT2D eigenvalue weighted by Crippen LogP contribution is -2.28. The van der Waals surface area contributed by atoms with Crippen LogP contribution in [0.15, 0.2) is 18.3 Å². The van der Waals surface area contributed by atoms with Gasteiger partial charge in [-0.05, 0) is 30.9 Å². The lowest BCUT2D eigenvalue weighted by Gasteiger charge is -2.16. The van der Waals surface area contributed by atoms with Crippen molar-refractivity contribution in [1.29, 1.82) is 0 Å². The van der Waals surface area contributed by atoms with E-state index in [0.717, 1.165) is 6.54 Å². The molecule has 90 valence electrons. The van der Waals surface area contributed by atoms with Crippen LogP contribution in [0.2, 0.25) is 0 Å². The lowest BCUT2D eigenvalue weighted by molar-refractivity contribution is 0.0688. The van der Waals surface area contributed by atoms with E-state index in [9.17, 15) is 9.59 Å². The molecule has 0 bridgehead atoms. The van der Waals surface area contributed by atoms with E-state index in [1.807, 2.05) is 0 Å². The predicted molar refractivity (Wildman–Crippen MR) is 60.9 cm³/mol. The largest absolute Gasteiger partial charge is 0.477 e. The number of carboxylic acids is 1. The molecule has 1 fully saturated rings. The summed E-state index contributed by atoms with van der Waals surface area (Å²) >= 11 is 0. The van der Waals surface area contributed by atoms with E-state index in [-0.39, 0.29) is 11.6 Å². The van der Waals surface area contributed by atoms with Crippen molar-refractivity contribution in [2.24, 2.45) is 5.92 Å². The second-order valence-electron chi connectivity index (χ2n) is 4.37. The van der Waals surface area contributed by atoms with Gasteiger partial charge in [0.25, 0.3) is 5.91 Å². The van der Waals surface area contributed by atoms with Crippen LogP contribution in [0.1, 0.15) is 33.7 Å². The number of hydrogen-bond donors (Lipinski definition) is 1. The van der Waals surface area contributed by atoms with Gasteiger partial charge in [-0.15, -0.1) is 0 Å². The van der Waals surface area contributed by atoms with Gasteiger partial charge in [0.05, 0.1) is 5.56 Å². The molecule has 1 aliphatic carbocycles. The van der Waals surface area contributed by atoms with Crippen molar-refractivity contribution in [2.75, 3.05) is 13.6 Å². The fourth-order valence-electron chi connectivity index (χ4n) is 1.64. The van der Waals surface area contributed by atoms with Crippen molar-refractivity contribution in [3.8, 4) is 0 Å². The van der Waals surface area contributed by atoms with Crippen molar-refractivity contribution in [3.05, 3.63) is 29.6 Å². The molecule has 1 N–H and O–H groups in total. The summed E-state index contributed by atoms with van der Waals surface area (Å²) < 4.78 is 0. The molecule has 1 aromatic heterocycles. The summed E-state index contributed by atoms with van der Waals surface area (Å²) in [4.78, 5) is 27.9. The Hall–Kier alpha value is -1.91. The minimum atomic E-state index is -1.09. The molecule has 1 saturated carbocycles. The fraction of sp³-hybridized carbons (Fsp3) is 0.417. The van der Waals surface area contributed by atoms with Crippen LogP contribution in [0, 0.1) is 5.92 Å². The maximum atomic E-state index is 11.9. The van der Waals surface area contributed by atoms with Crippen molar-refractivity contribution in [1.82, 2.24) is 9.88 Å². The van der Waals surface area contributed by atoms with Crippen molar-refractivity contribution in [2.45, 2.75) is 12.8 Å². The molecule has 1 aliphatic rings. The smallest absolute Gasteiger partial charge is 0.354 e. The molecule has 1 heterocycles. The van der Waals surface area contributed by atoms with Crippen LogP contribution in [-0.2, 0) is 0 Å². The molecule has 0 saturated heterocycles. The molecule has 0 aromatic carbocycles. The van der Waals surface area contributed by atoms with E-state index < -0.39 is 5.97 Å². The van der Waals surface area contributed by atoms with Gasteiger partial charge in [0.1, 0.15) is 5.69 Å². The number of rotatable bonds is 4. The molecule has 0 unspecified atom stereocenters. The number of aromatic carboxylic acids is 1. The first kappa shape index (κ1) is 11.6. The minimum Gasteiger partial charge on any atom is -0.477 e. The van der Waals surface area contributed by atoms with Crippen LogP contribution >= 0.6 is 0 Å². The van der Waals surface area contributed by atoms with E-state index in [1.165, 1.54) is 31.2 Å². The Labute approximate surface area is 99.1 Å². The Morgan fingerprint density at radius 1 is 1.47 bits per heavy atom. The number of carbonyl (C=O) groups is 2. The SMILES string of the molecule is CN(CC1CC1)C(=O)c1ccc(C(=O)O)nc1. The molecule has 0 spiro atoms. The first-order chi connectivity index (χ1) is 8.08. The van der Waals surface area contributed by atoms with Gasteiger partial charge in [0.2, 0.25) is 0 Å². The quantitative estimate of drug-likeness (QED) is 0.851. The first-order valence-corrected chi connectivity index (χ1v) is 5.52. The molecular weight excluding hydrogens is 220 g/mol. The van der Waals surface area contributed by atoms with Gasteiger partial charge in [-0.2, -0.15) is 0 Å². The topological polar surface area (TPSA) is 70.5 Å². The Kier molecular flexibility index (Phi) is 3.08. The standard InChI is InChI=1S/C12H14N2O3/c1-14(7-8-2-3-8)11(15)9-4-5-10(12(16)17)13-6-9/h4-6,8H,2-3,7H2,1H3,(H,16,17). The molecule has 5 nitrogen and oxygen atoms in total. The molecule has 0 aliphatic heterocycles. The zero-order chi connectivity index (χ0) is 12.4. The highest BCUT2D eigenvalue weighted by atomic mass is 16.4. The second kappa shape index (κ2) is 4.53. The zero-order valence-corrected chi connectivity index (χ0v) is 9.59. The summed E-state index contributed by atoms with van der Waals surface area (Å²) in [5.41, 5.74) is 0.379. The Bertz CT molecular complexity index is 438. The Balaban J connectivity index is 2.05. The van der Waals surface area contributed by atoms with Gasteiger partial charge in [0, 0.05) is 19.8 Å². The van der Waals surface area contributed by atoms with E-state index in [1.54, 1.807) is 11.9 Å². The third-order valence-electron chi connectivity index (χ3n) is 2.81. The van der Waals surface area contributed by atoms with Crippen LogP contribution in [0.4, 0.5) is 0 Å². The van der Waals surface area contributed by atoms with Gasteiger partial charge >= 0.3 is 5.97 Å². The molecular formula is C12H14N2O3. The van der Waals surface area contributed by atoms with Crippen molar-refractivity contribution >= 4 is 11.9 Å².